The summed E-state index contributed by atoms with van der Waals surface area (Å²) in [4.78, 5) is 22.6. The Morgan fingerprint density at radius 1 is 1.33 bits per heavy atom. The number of nitrogens with one attached hydrogen (secondary N) is 1. The van der Waals surface area contributed by atoms with Gasteiger partial charge in [-0.2, -0.15) is 0 Å². The molecule has 0 aliphatic carbocycles. The van der Waals surface area contributed by atoms with Crippen LogP contribution in [-0.2, 0) is 16.0 Å². The van der Waals surface area contributed by atoms with Gasteiger partial charge in [0.05, 0.1) is 7.11 Å². The van der Waals surface area contributed by atoms with Crippen LogP contribution in [0.4, 0.5) is 0 Å². The molecule has 0 unspecified atom stereocenters. The first-order chi connectivity index (χ1) is 8.58. The first kappa shape index (κ1) is 12.9. The zero-order valence-electron chi connectivity index (χ0n) is 10.0. The van der Waals surface area contributed by atoms with Crippen molar-refractivity contribution in [3.63, 3.8) is 0 Å². The van der Waals surface area contributed by atoms with E-state index in [2.05, 4.69) is 5.32 Å². The molecule has 1 aliphatic rings. The number of imide groups is 1. The lowest BCUT2D eigenvalue weighted by Crippen LogP contribution is -2.39. The average molecular weight is 268 g/mol. The summed E-state index contributed by atoms with van der Waals surface area (Å²) in [6.07, 6.45) is 1.33. The molecule has 0 spiro atoms. The SMILES string of the molecule is COc1ccc(Cl)c(CC2CC(=O)NC(=O)C2)c1. The summed E-state index contributed by atoms with van der Waals surface area (Å²) in [5.74, 6) is 0.308. The first-order valence-electron chi connectivity index (χ1n) is 5.73. The van der Waals surface area contributed by atoms with E-state index in [1.54, 1.807) is 19.2 Å². The van der Waals surface area contributed by atoms with Crippen molar-refractivity contribution in [1.29, 1.82) is 0 Å². The molecule has 96 valence electrons. The van der Waals surface area contributed by atoms with Crippen molar-refractivity contribution in [3.05, 3.63) is 28.8 Å². The van der Waals surface area contributed by atoms with E-state index in [4.69, 9.17) is 16.3 Å². The van der Waals surface area contributed by atoms with Crippen LogP contribution in [0.25, 0.3) is 0 Å². The minimum atomic E-state index is -0.213. The van der Waals surface area contributed by atoms with E-state index < -0.39 is 0 Å². The molecule has 1 saturated heterocycles. The number of halogens is 1. The fourth-order valence-electron chi connectivity index (χ4n) is 2.14. The summed E-state index contributed by atoms with van der Waals surface area (Å²) in [7, 11) is 1.59. The Hall–Kier alpha value is -1.55. The summed E-state index contributed by atoms with van der Waals surface area (Å²) in [5, 5.41) is 2.93. The molecular formula is C13H14ClNO3. The molecule has 1 heterocycles. The standard InChI is InChI=1S/C13H14ClNO3/c1-18-10-2-3-11(14)9(7-10)4-8-5-12(16)15-13(17)6-8/h2-3,7-8H,4-6H2,1H3,(H,15,16,17). The molecule has 2 rings (SSSR count). The lowest BCUT2D eigenvalue weighted by Gasteiger charge is -2.21. The van der Waals surface area contributed by atoms with Crippen LogP contribution in [0.3, 0.4) is 0 Å². The third-order valence-corrected chi connectivity index (χ3v) is 3.36. The molecule has 18 heavy (non-hydrogen) atoms. The fraction of sp³-hybridized carbons (Fsp3) is 0.385. The fourth-order valence-corrected chi connectivity index (χ4v) is 2.34. The normalized spacial score (nSPS) is 16.6. The number of piperidine rings is 1. The number of benzene rings is 1. The van der Waals surface area contributed by atoms with E-state index >= 15 is 0 Å². The van der Waals surface area contributed by atoms with Crippen LogP contribution >= 0.6 is 11.6 Å². The van der Waals surface area contributed by atoms with Gasteiger partial charge in [-0.3, -0.25) is 14.9 Å². The van der Waals surface area contributed by atoms with E-state index in [9.17, 15) is 9.59 Å². The van der Waals surface area contributed by atoms with Gasteiger partial charge in [0.25, 0.3) is 0 Å². The molecule has 0 bridgehead atoms. The number of hydrogen-bond acceptors (Lipinski definition) is 3. The molecule has 1 aliphatic heterocycles. The smallest absolute Gasteiger partial charge is 0.226 e. The van der Waals surface area contributed by atoms with Crippen LogP contribution in [-0.4, -0.2) is 18.9 Å². The lowest BCUT2D eigenvalue weighted by molar-refractivity contribution is -0.134. The zero-order valence-corrected chi connectivity index (χ0v) is 10.8. The number of carbonyl (C=O) groups is 2. The van der Waals surface area contributed by atoms with Gasteiger partial charge >= 0.3 is 0 Å². The molecule has 4 nitrogen and oxygen atoms in total. The quantitative estimate of drug-likeness (QED) is 0.852. The monoisotopic (exact) mass is 267 g/mol. The highest BCUT2D eigenvalue weighted by Crippen LogP contribution is 2.27. The highest BCUT2D eigenvalue weighted by Gasteiger charge is 2.25. The summed E-state index contributed by atoms with van der Waals surface area (Å²) in [6.45, 7) is 0. The molecule has 1 aromatic rings. The van der Waals surface area contributed by atoms with E-state index in [1.165, 1.54) is 0 Å². The molecular weight excluding hydrogens is 254 g/mol. The Bertz CT molecular complexity index is 471. The third kappa shape index (κ3) is 3.01. The van der Waals surface area contributed by atoms with Crippen LogP contribution in [0.2, 0.25) is 5.02 Å². The van der Waals surface area contributed by atoms with Crippen molar-refractivity contribution < 1.29 is 14.3 Å². The van der Waals surface area contributed by atoms with Gasteiger partial charge in [-0.15, -0.1) is 0 Å². The van der Waals surface area contributed by atoms with E-state index in [0.717, 1.165) is 11.3 Å². The molecule has 1 N–H and O–H groups in total. The second kappa shape index (κ2) is 5.40. The molecule has 2 amide bonds. The predicted molar refractivity (Wildman–Crippen MR) is 67.6 cm³/mol. The minimum absolute atomic E-state index is 0.0101. The average Bonchev–Trinajstić information content (AvgIpc) is 2.30. The second-order valence-corrected chi connectivity index (χ2v) is 4.81. The molecule has 5 heteroatoms. The molecule has 0 radical (unpaired) electrons. The Labute approximate surface area is 110 Å². The van der Waals surface area contributed by atoms with E-state index in [1.807, 2.05) is 6.07 Å². The van der Waals surface area contributed by atoms with Crippen LogP contribution in [0, 0.1) is 5.92 Å². The number of ether oxygens (including phenoxy) is 1. The third-order valence-electron chi connectivity index (χ3n) is 2.99. The van der Waals surface area contributed by atoms with Gasteiger partial charge in [0, 0.05) is 17.9 Å². The molecule has 0 saturated carbocycles. The number of rotatable bonds is 3. The van der Waals surface area contributed by atoms with E-state index in [-0.39, 0.29) is 17.7 Å². The Balaban J connectivity index is 2.13. The Morgan fingerprint density at radius 3 is 2.61 bits per heavy atom. The Morgan fingerprint density at radius 2 is 2.00 bits per heavy atom. The highest BCUT2D eigenvalue weighted by molar-refractivity contribution is 6.31. The van der Waals surface area contributed by atoms with Crippen LogP contribution in [0.1, 0.15) is 18.4 Å². The maximum Gasteiger partial charge on any atom is 0.226 e. The van der Waals surface area contributed by atoms with Gasteiger partial charge in [0.15, 0.2) is 0 Å². The van der Waals surface area contributed by atoms with Gasteiger partial charge in [-0.1, -0.05) is 11.6 Å². The van der Waals surface area contributed by atoms with E-state index in [0.29, 0.717) is 24.3 Å². The second-order valence-electron chi connectivity index (χ2n) is 4.41. The van der Waals surface area contributed by atoms with Gasteiger partial charge in [0.1, 0.15) is 5.75 Å². The number of hydrogen-bond donors (Lipinski definition) is 1. The zero-order chi connectivity index (χ0) is 13.1. The van der Waals surface area contributed by atoms with Crippen molar-refractivity contribution >= 4 is 23.4 Å². The summed E-state index contributed by atoms with van der Waals surface area (Å²) in [6, 6.07) is 5.39. The summed E-state index contributed by atoms with van der Waals surface area (Å²) in [5.41, 5.74) is 0.906. The molecule has 1 fully saturated rings. The predicted octanol–water partition coefficient (Wildman–Crippen LogP) is 1.94. The number of methoxy groups -OCH3 is 1. The minimum Gasteiger partial charge on any atom is -0.497 e. The van der Waals surface area contributed by atoms with Crippen LogP contribution in [0.5, 0.6) is 5.75 Å². The lowest BCUT2D eigenvalue weighted by atomic mass is 9.90. The molecule has 0 aromatic heterocycles. The van der Waals surface area contributed by atoms with Crippen molar-refractivity contribution in [2.75, 3.05) is 7.11 Å². The largest absolute Gasteiger partial charge is 0.497 e. The van der Waals surface area contributed by atoms with Crippen LogP contribution < -0.4 is 10.1 Å². The van der Waals surface area contributed by atoms with Crippen LogP contribution in [0.15, 0.2) is 18.2 Å². The first-order valence-corrected chi connectivity index (χ1v) is 6.11. The Kier molecular flexibility index (Phi) is 3.87. The summed E-state index contributed by atoms with van der Waals surface area (Å²) >= 11 is 6.10. The van der Waals surface area contributed by atoms with Crippen molar-refractivity contribution in [3.8, 4) is 5.75 Å². The van der Waals surface area contributed by atoms with Gasteiger partial charge in [0.2, 0.25) is 11.8 Å². The summed E-state index contributed by atoms with van der Waals surface area (Å²) < 4.78 is 5.14. The molecule has 1 aromatic carbocycles. The number of amides is 2. The maximum absolute atomic E-state index is 11.3. The van der Waals surface area contributed by atoms with Crippen molar-refractivity contribution in [2.24, 2.45) is 5.92 Å². The van der Waals surface area contributed by atoms with Gasteiger partial charge in [-0.05, 0) is 36.1 Å². The number of carbonyl (C=O) groups excluding carboxylic acids is 2. The topological polar surface area (TPSA) is 55.4 Å². The van der Waals surface area contributed by atoms with Gasteiger partial charge < -0.3 is 4.74 Å². The van der Waals surface area contributed by atoms with Crippen molar-refractivity contribution in [2.45, 2.75) is 19.3 Å². The molecule has 0 atom stereocenters. The maximum atomic E-state index is 11.3. The highest BCUT2D eigenvalue weighted by atomic mass is 35.5. The van der Waals surface area contributed by atoms with Gasteiger partial charge in [-0.25, -0.2) is 0 Å². The van der Waals surface area contributed by atoms with Crippen molar-refractivity contribution in [1.82, 2.24) is 5.32 Å².